The lowest BCUT2D eigenvalue weighted by Gasteiger charge is -2.33. The molecule has 1 aromatic carbocycles. The Morgan fingerprint density at radius 1 is 1.31 bits per heavy atom. The molecule has 0 spiro atoms. The van der Waals surface area contributed by atoms with E-state index in [-0.39, 0.29) is 12.6 Å². The van der Waals surface area contributed by atoms with Gasteiger partial charge in [-0.3, -0.25) is 4.90 Å². The topological polar surface area (TPSA) is 23.5 Å². The van der Waals surface area contributed by atoms with Crippen molar-refractivity contribution in [2.75, 3.05) is 13.2 Å². The van der Waals surface area contributed by atoms with Gasteiger partial charge >= 0.3 is 0 Å². The molecule has 0 radical (unpaired) electrons. The van der Waals surface area contributed by atoms with Gasteiger partial charge in [-0.05, 0) is 12.0 Å². The van der Waals surface area contributed by atoms with Crippen LogP contribution in [-0.4, -0.2) is 29.2 Å². The van der Waals surface area contributed by atoms with Crippen molar-refractivity contribution >= 4 is 15.9 Å². The molecule has 0 unspecified atom stereocenters. The normalized spacial score (nSPS) is 21.9. The molecule has 1 aromatic rings. The van der Waals surface area contributed by atoms with Crippen LogP contribution in [0.25, 0.3) is 0 Å². The van der Waals surface area contributed by atoms with Crippen molar-refractivity contribution in [3.05, 3.63) is 46.5 Å². The van der Waals surface area contributed by atoms with Crippen molar-refractivity contribution in [1.29, 1.82) is 0 Å². The summed E-state index contributed by atoms with van der Waals surface area (Å²) in [5.74, 6) is 0. The van der Waals surface area contributed by atoms with Gasteiger partial charge in [0.15, 0.2) is 0 Å². The number of aliphatic hydroxyl groups is 1. The molecule has 0 aromatic heterocycles. The van der Waals surface area contributed by atoms with Gasteiger partial charge in [-0.1, -0.05) is 52.3 Å². The van der Waals surface area contributed by atoms with Crippen molar-refractivity contribution in [3.8, 4) is 0 Å². The molecule has 2 nitrogen and oxygen atoms in total. The molecule has 0 saturated carbocycles. The molecule has 2 rings (SSSR count). The Kier molecular flexibility index (Phi) is 4.16. The van der Waals surface area contributed by atoms with E-state index in [9.17, 15) is 5.11 Å². The molecule has 0 bridgehead atoms. The van der Waals surface area contributed by atoms with E-state index in [0.717, 1.165) is 19.5 Å². The third-order valence-electron chi connectivity index (χ3n) is 2.92. The summed E-state index contributed by atoms with van der Waals surface area (Å²) < 4.78 is 1.22. The van der Waals surface area contributed by atoms with E-state index in [1.807, 2.05) is 6.07 Å². The molecule has 1 aliphatic rings. The largest absolute Gasteiger partial charge is 0.395 e. The smallest absolute Gasteiger partial charge is 0.0590 e. The monoisotopic (exact) mass is 281 g/mol. The second-order valence-corrected chi connectivity index (χ2v) is 5.13. The fraction of sp³-hybridized carbons (Fsp3) is 0.385. The minimum Gasteiger partial charge on any atom is -0.395 e. The van der Waals surface area contributed by atoms with Crippen LogP contribution in [0.4, 0.5) is 0 Å². The van der Waals surface area contributed by atoms with E-state index in [0.29, 0.717) is 0 Å². The summed E-state index contributed by atoms with van der Waals surface area (Å²) in [4.78, 5) is 2.30. The highest BCUT2D eigenvalue weighted by Gasteiger charge is 2.21. The highest BCUT2D eigenvalue weighted by molar-refractivity contribution is 9.11. The molecule has 1 N–H and O–H groups in total. The first kappa shape index (κ1) is 11.8. The summed E-state index contributed by atoms with van der Waals surface area (Å²) in [6, 6.07) is 10.6. The Morgan fingerprint density at radius 2 is 2.06 bits per heavy atom. The summed E-state index contributed by atoms with van der Waals surface area (Å²) in [6.45, 7) is 2.01. The van der Waals surface area contributed by atoms with Gasteiger partial charge in [-0.15, -0.1) is 0 Å². The molecule has 0 aliphatic carbocycles. The maximum Gasteiger partial charge on any atom is 0.0590 e. The lowest BCUT2D eigenvalue weighted by Crippen LogP contribution is -2.40. The van der Waals surface area contributed by atoms with Crippen LogP contribution in [0.5, 0.6) is 0 Å². The zero-order chi connectivity index (χ0) is 11.4. The third-order valence-corrected chi connectivity index (χ3v) is 3.50. The van der Waals surface area contributed by atoms with Gasteiger partial charge in [0.25, 0.3) is 0 Å². The molecule has 0 saturated heterocycles. The number of nitrogens with zero attached hydrogens (tertiary/aromatic N) is 1. The molecule has 1 heterocycles. The number of aliphatic hydroxyl groups excluding tert-OH is 1. The van der Waals surface area contributed by atoms with E-state index in [1.54, 1.807) is 0 Å². The molecular weight excluding hydrogens is 266 g/mol. The molecule has 3 heteroatoms. The van der Waals surface area contributed by atoms with Crippen LogP contribution >= 0.6 is 15.9 Å². The Labute approximate surface area is 105 Å². The van der Waals surface area contributed by atoms with Crippen LogP contribution in [0, 0.1) is 0 Å². The van der Waals surface area contributed by atoms with E-state index in [4.69, 9.17) is 0 Å². The van der Waals surface area contributed by atoms with Gasteiger partial charge in [-0.25, -0.2) is 0 Å². The van der Waals surface area contributed by atoms with Gasteiger partial charge in [0, 0.05) is 23.6 Å². The molecular formula is C13H16BrNO. The molecule has 0 fully saturated rings. The zero-order valence-corrected chi connectivity index (χ0v) is 10.7. The lowest BCUT2D eigenvalue weighted by molar-refractivity contribution is 0.122. The van der Waals surface area contributed by atoms with Crippen molar-refractivity contribution in [3.63, 3.8) is 0 Å². The van der Waals surface area contributed by atoms with Crippen molar-refractivity contribution in [1.82, 2.24) is 4.90 Å². The maximum absolute atomic E-state index is 9.34. The first-order chi connectivity index (χ1) is 7.79. The number of rotatable bonds is 3. The van der Waals surface area contributed by atoms with Gasteiger partial charge in [0.2, 0.25) is 0 Å². The quantitative estimate of drug-likeness (QED) is 0.921. The number of halogens is 1. The fourth-order valence-corrected chi connectivity index (χ4v) is 2.50. The molecule has 1 atom stereocenters. The molecule has 16 heavy (non-hydrogen) atoms. The number of hydrogen-bond acceptors (Lipinski definition) is 2. The second kappa shape index (κ2) is 5.62. The van der Waals surface area contributed by atoms with Crippen LogP contribution in [0.2, 0.25) is 0 Å². The van der Waals surface area contributed by atoms with E-state index in [1.165, 1.54) is 10.0 Å². The molecule has 1 aliphatic heterocycles. The Bertz CT molecular complexity index is 363. The van der Waals surface area contributed by atoms with Crippen LogP contribution < -0.4 is 0 Å². The summed E-state index contributed by atoms with van der Waals surface area (Å²) in [5, 5.41) is 9.34. The maximum atomic E-state index is 9.34. The highest BCUT2D eigenvalue weighted by atomic mass is 79.9. The Morgan fingerprint density at radius 3 is 2.75 bits per heavy atom. The van der Waals surface area contributed by atoms with Gasteiger partial charge in [0.05, 0.1) is 6.61 Å². The summed E-state index contributed by atoms with van der Waals surface area (Å²) in [5.41, 5.74) is 1.29. The van der Waals surface area contributed by atoms with Crippen molar-refractivity contribution in [2.45, 2.75) is 19.0 Å². The number of hydrogen-bond donors (Lipinski definition) is 1. The predicted molar refractivity (Wildman–Crippen MR) is 69.4 cm³/mol. The van der Waals surface area contributed by atoms with Crippen LogP contribution in [-0.2, 0) is 6.54 Å². The average molecular weight is 282 g/mol. The number of benzene rings is 1. The van der Waals surface area contributed by atoms with Crippen LogP contribution in [0.15, 0.2) is 40.9 Å². The average Bonchev–Trinajstić information content (AvgIpc) is 2.31. The van der Waals surface area contributed by atoms with E-state index in [2.05, 4.69) is 51.2 Å². The minimum absolute atomic E-state index is 0.226. The van der Waals surface area contributed by atoms with E-state index >= 15 is 0 Å². The summed E-state index contributed by atoms with van der Waals surface area (Å²) in [7, 11) is 0. The summed E-state index contributed by atoms with van der Waals surface area (Å²) in [6.07, 6.45) is 3.08. The SMILES string of the molecule is OC[C@H]1CC=C(Br)CN1Cc1ccccc1. The zero-order valence-electron chi connectivity index (χ0n) is 9.14. The van der Waals surface area contributed by atoms with Gasteiger partial charge < -0.3 is 5.11 Å². The van der Waals surface area contributed by atoms with Crippen molar-refractivity contribution in [2.24, 2.45) is 0 Å². The Hall–Kier alpha value is -0.640. The molecule has 0 amide bonds. The Balaban J connectivity index is 2.05. The lowest BCUT2D eigenvalue weighted by atomic mass is 10.1. The predicted octanol–water partition coefficient (Wildman–Crippen LogP) is 2.53. The first-order valence-electron chi connectivity index (χ1n) is 5.53. The van der Waals surface area contributed by atoms with Gasteiger partial charge in [0.1, 0.15) is 0 Å². The van der Waals surface area contributed by atoms with Crippen molar-refractivity contribution < 1.29 is 5.11 Å². The van der Waals surface area contributed by atoms with Crippen LogP contribution in [0.1, 0.15) is 12.0 Å². The van der Waals surface area contributed by atoms with Crippen LogP contribution in [0.3, 0.4) is 0 Å². The third kappa shape index (κ3) is 2.94. The standard InChI is InChI=1S/C13H16BrNO/c14-12-6-7-13(10-16)15(9-12)8-11-4-2-1-3-5-11/h1-6,13,16H,7-10H2/t13-/m1/s1. The summed E-state index contributed by atoms with van der Waals surface area (Å²) >= 11 is 3.54. The second-order valence-electron chi connectivity index (χ2n) is 4.11. The van der Waals surface area contributed by atoms with E-state index < -0.39 is 0 Å². The van der Waals surface area contributed by atoms with Gasteiger partial charge in [-0.2, -0.15) is 0 Å². The molecule has 86 valence electrons. The minimum atomic E-state index is 0.226. The highest BCUT2D eigenvalue weighted by Crippen LogP contribution is 2.22. The fourth-order valence-electron chi connectivity index (χ4n) is 1.99. The first-order valence-corrected chi connectivity index (χ1v) is 6.32.